The average molecular weight is 479 g/mol. The van der Waals surface area contributed by atoms with Crippen molar-refractivity contribution in [3.63, 3.8) is 0 Å². The molecule has 5 aromatic rings. The zero-order valence-corrected chi connectivity index (χ0v) is 20.3. The Balaban J connectivity index is 1.33. The van der Waals surface area contributed by atoms with Crippen molar-refractivity contribution in [3.8, 4) is 22.5 Å². The molecule has 0 bridgehead atoms. The fourth-order valence-electron chi connectivity index (χ4n) is 4.93. The molecule has 180 valence electrons. The molecular weight excluding hydrogens is 452 g/mol. The summed E-state index contributed by atoms with van der Waals surface area (Å²) in [4.78, 5) is 22.0. The number of aromatic nitrogens is 6. The molecule has 1 aliphatic carbocycles. The van der Waals surface area contributed by atoms with Gasteiger partial charge in [0.1, 0.15) is 5.82 Å². The van der Waals surface area contributed by atoms with Crippen LogP contribution in [0.1, 0.15) is 23.5 Å². The number of nitrogens with zero attached hydrogens (tertiary/aromatic N) is 6. The van der Waals surface area contributed by atoms with Gasteiger partial charge in [-0.15, -0.1) is 0 Å². The second kappa shape index (κ2) is 8.30. The number of hydrogen-bond donors (Lipinski definition) is 2. The van der Waals surface area contributed by atoms with E-state index in [4.69, 9.17) is 5.73 Å². The summed E-state index contributed by atoms with van der Waals surface area (Å²) >= 11 is 0. The average Bonchev–Trinajstić information content (AvgIpc) is 3.36. The second-order valence-electron chi connectivity index (χ2n) is 9.43. The van der Waals surface area contributed by atoms with Crippen molar-refractivity contribution in [2.24, 2.45) is 20.0 Å². The van der Waals surface area contributed by atoms with E-state index in [1.54, 1.807) is 23.3 Å². The van der Waals surface area contributed by atoms with Crippen molar-refractivity contribution >= 4 is 28.2 Å². The molecule has 1 saturated carbocycles. The van der Waals surface area contributed by atoms with Gasteiger partial charge >= 0.3 is 0 Å². The van der Waals surface area contributed by atoms with Gasteiger partial charge in [0.15, 0.2) is 0 Å². The van der Waals surface area contributed by atoms with Crippen molar-refractivity contribution in [1.82, 2.24) is 29.5 Å². The number of carbonyl (C=O) groups excluding carboxylic acids is 1. The molecule has 1 aromatic carbocycles. The monoisotopic (exact) mass is 478 g/mol. The maximum atomic E-state index is 12.9. The summed E-state index contributed by atoms with van der Waals surface area (Å²) in [6.45, 7) is 2.06. The molecule has 4 aromatic heterocycles. The number of rotatable bonds is 5. The van der Waals surface area contributed by atoms with E-state index >= 15 is 0 Å². The summed E-state index contributed by atoms with van der Waals surface area (Å²) in [7, 11) is 3.78. The van der Waals surface area contributed by atoms with Gasteiger partial charge in [0.25, 0.3) is 0 Å². The van der Waals surface area contributed by atoms with E-state index in [1.165, 1.54) is 0 Å². The third-order valence-corrected chi connectivity index (χ3v) is 6.91. The number of pyridine rings is 2. The molecule has 9 nitrogen and oxygen atoms in total. The molecule has 0 radical (unpaired) electrons. The van der Waals surface area contributed by atoms with Gasteiger partial charge in [-0.25, -0.2) is 4.98 Å². The molecule has 4 heterocycles. The van der Waals surface area contributed by atoms with Crippen molar-refractivity contribution < 1.29 is 4.79 Å². The van der Waals surface area contributed by atoms with Crippen molar-refractivity contribution in [3.05, 3.63) is 72.4 Å². The maximum absolute atomic E-state index is 12.9. The van der Waals surface area contributed by atoms with Crippen molar-refractivity contribution in [2.45, 2.75) is 19.3 Å². The Morgan fingerprint density at radius 3 is 2.69 bits per heavy atom. The topological polar surface area (TPSA) is 117 Å². The summed E-state index contributed by atoms with van der Waals surface area (Å²) in [5.41, 5.74) is 13.0. The normalized spacial score (nSPS) is 16.9. The van der Waals surface area contributed by atoms with E-state index in [-0.39, 0.29) is 17.7 Å². The highest BCUT2D eigenvalue weighted by Gasteiger charge is 2.44. The highest BCUT2D eigenvalue weighted by Crippen LogP contribution is 2.48. The summed E-state index contributed by atoms with van der Waals surface area (Å²) in [6, 6.07) is 9.84. The van der Waals surface area contributed by atoms with Crippen LogP contribution in [0.2, 0.25) is 0 Å². The van der Waals surface area contributed by atoms with Crippen LogP contribution in [0.4, 0.5) is 11.5 Å². The van der Waals surface area contributed by atoms with Gasteiger partial charge < -0.3 is 11.1 Å². The third kappa shape index (κ3) is 3.78. The Hall–Kier alpha value is -4.53. The van der Waals surface area contributed by atoms with Gasteiger partial charge in [-0.3, -0.25) is 19.1 Å². The second-order valence-corrected chi connectivity index (χ2v) is 9.43. The Bertz CT molecular complexity index is 1630. The molecule has 1 aliphatic rings. The smallest absolute Gasteiger partial charge is 0.229 e. The Labute approximate surface area is 208 Å². The summed E-state index contributed by atoms with van der Waals surface area (Å²) in [5, 5.41) is 13.2. The highest BCUT2D eigenvalue weighted by molar-refractivity contribution is 6.01. The lowest BCUT2D eigenvalue weighted by atomic mass is 9.95. The van der Waals surface area contributed by atoms with Gasteiger partial charge in [0, 0.05) is 61.4 Å². The predicted molar refractivity (Wildman–Crippen MR) is 139 cm³/mol. The van der Waals surface area contributed by atoms with E-state index in [1.807, 2.05) is 55.4 Å². The molecule has 1 amide bonds. The van der Waals surface area contributed by atoms with E-state index in [9.17, 15) is 4.79 Å². The van der Waals surface area contributed by atoms with E-state index in [2.05, 4.69) is 38.5 Å². The lowest BCUT2D eigenvalue weighted by Crippen LogP contribution is -2.15. The molecule has 0 aliphatic heterocycles. The van der Waals surface area contributed by atoms with Crippen LogP contribution >= 0.6 is 0 Å². The SMILES string of the molecule is Cc1ccnc(-c2ccnn2C)c1-c1cc(N)c2cnc(NC(=O)[C@@H]3C[C@H]3c3cnn(C)c3)cc2c1. The minimum Gasteiger partial charge on any atom is -0.398 e. The molecule has 3 N–H and O–H groups in total. The first kappa shape index (κ1) is 22.0. The Morgan fingerprint density at radius 1 is 1.08 bits per heavy atom. The van der Waals surface area contributed by atoms with Crippen LogP contribution in [0.3, 0.4) is 0 Å². The van der Waals surface area contributed by atoms with Gasteiger partial charge in [-0.2, -0.15) is 10.2 Å². The third-order valence-electron chi connectivity index (χ3n) is 6.91. The van der Waals surface area contributed by atoms with Crippen LogP contribution in [0, 0.1) is 12.8 Å². The predicted octanol–water partition coefficient (Wildman–Crippen LogP) is 4.06. The number of hydrogen-bond acceptors (Lipinski definition) is 6. The number of fused-ring (bicyclic) bond motifs is 1. The minimum absolute atomic E-state index is 0.0265. The number of amides is 1. The number of anilines is 2. The van der Waals surface area contributed by atoms with Crippen LogP contribution in [0.25, 0.3) is 33.3 Å². The maximum Gasteiger partial charge on any atom is 0.229 e. The summed E-state index contributed by atoms with van der Waals surface area (Å²) in [5.74, 6) is 0.625. The number of nitrogen functional groups attached to an aromatic ring is 1. The summed E-state index contributed by atoms with van der Waals surface area (Å²) < 4.78 is 3.57. The molecule has 9 heteroatoms. The first-order chi connectivity index (χ1) is 17.4. The highest BCUT2D eigenvalue weighted by atomic mass is 16.2. The number of carbonyl (C=O) groups is 1. The van der Waals surface area contributed by atoms with Gasteiger partial charge in [-0.1, -0.05) is 0 Å². The first-order valence-corrected chi connectivity index (χ1v) is 11.8. The lowest BCUT2D eigenvalue weighted by Gasteiger charge is -2.14. The molecule has 0 unspecified atom stereocenters. The van der Waals surface area contributed by atoms with Gasteiger partial charge in [0.2, 0.25) is 5.91 Å². The van der Waals surface area contributed by atoms with Crippen LogP contribution in [0.5, 0.6) is 0 Å². The van der Waals surface area contributed by atoms with Crippen LogP contribution in [-0.2, 0) is 18.9 Å². The van der Waals surface area contributed by atoms with E-state index in [0.29, 0.717) is 11.5 Å². The zero-order chi connectivity index (χ0) is 25.0. The molecule has 6 rings (SSSR count). The number of nitrogens with one attached hydrogen (secondary N) is 1. The number of benzene rings is 1. The molecule has 1 fully saturated rings. The molecular formula is C27H26N8O. The fraction of sp³-hybridized carbons (Fsp3) is 0.222. The van der Waals surface area contributed by atoms with Gasteiger partial charge in [-0.05, 0) is 71.7 Å². The minimum atomic E-state index is -0.0670. The lowest BCUT2D eigenvalue weighted by molar-refractivity contribution is -0.117. The van der Waals surface area contributed by atoms with E-state index < -0.39 is 0 Å². The zero-order valence-electron chi connectivity index (χ0n) is 20.3. The van der Waals surface area contributed by atoms with E-state index in [0.717, 1.165) is 50.8 Å². The van der Waals surface area contributed by atoms with Gasteiger partial charge in [0.05, 0.1) is 17.6 Å². The standard InChI is InChI=1S/C27H26N8O/c1-15-4-6-29-26(23-5-7-31-35(23)3)25(15)17-8-16-10-24(30-13-21(16)22(28)9-17)33-27(36)20-11-19(20)18-12-32-34(2)14-18/h4-10,12-14,19-20H,11,28H2,1-3H3,(H,30,33,36)/t19-,20+/m0/s1. The fourth-order valence-corrected chi connectivity index (χ4v) is 4.93. The van der Waals surface area contributed by atoms with Crippen LogP contribution < -0.4 is 11.1 Å². The number of aryl methyl sites for hydroxylation is 3. The Morgan fingerprint density at radius 2 is 1.94 bits per heavy atom. The molecule has 0 spiro atoms. The van der Waals surface area contributed by atoms with Crippen LogP contribution in [0.15, 0.2) is 61.3 Å². The molecule has 36 heavy (non-hydrogen) atoms. The van der Waals surface area contributed by atoms with Crippen molar-refractivity contribution in [1.29, 1.82) is 0 Å². The quantitative estimate of drug-likeness (QED) is 0.368. The molecule has 2 atom stereocenters. The van der Waals surface area contributed by atoms with Crippen molar-refractivity contribution in [2.75, 3.05) is 11.1 Å². The Kier molecular flexibility index (Phi) is 5.06. The summed E-state index contributed by atoms with van der Waals surface area (Å²) in [6.07, 6.45) is 9.90. The number of nitrogens with two attached hydrogens (primary N) is 1. The largest absolute Gasteiger partial charge is 0.398 e. The van der Waals surface area contributed by atoms with Crippen LogP contribution in [-0.4, -0.2) is 35.4 Å². The first-order valence-electron chi connectivity index (χ1n) is 11.8. The molecule has 0 saturated heterocycles.